The number of aliphatic imine (C=N–C) groups is 1. The summed E-state index contributed by atoms with van der Waals surface area (Å²) < 4.78 is 11.3. The van der Waals surface area contributed by atoms with Crippen LogP contribution >= 0.6 is 34.5 Å². The molecule has 5 rings (SSSR count). The smallest absolute Gasteiger partial charge is 0.289 e. The Labute approximate surface area is 245 Å². The molecule has 1 amide bonds. The van der Waals surface area contributed by atoms with Gasteiger partial charge in [0.1, 0.15) is 27.3 Å². The quantitative estimate of drug-likeness (QED) is 0.130. The minimum atomic E-state index is -0.592. The van der Waals surface area contributed by atoms with Crippen molar-refractivity contribution in [1.82, 2.24) is 5.32 Å². The topological polar surface area (TPSA) is 111 Å². The number of carbonyl (C=O) groups excluding carboxylic acids is 1. The van der Waals surface area contributed by atoms with Crippen molar-refractivity contribution < 1.29 is 18.6 Å². The van der Waals surface area contributed by atoms with E-state index in [4.69, 9.17) is 32.0 Å². The van der Waals surface area contributed by atoms with E-state index in [1.165, 1.54) is 28.3 Å². The third kappa shape index (κ3) is 5.87. The minimum Gasteiger partial charge on any atom is -0.467 e. The zero-order valence-electron chi connectivity index (χ0n) is 22.1. The summed E-state index contributed by atoms with van der Waals surface area (Å²) in [7, 11) is 0. The largest absolute Gasteiger partial charge is 0.467 e. The highest BCUT2D eigenvalue weighted by Crippen LogP contribution is 2.45. The molecular formula is C29H27Cl2N3O5S. The van der Waals surface area contributed by atoms with Crippen molar-refractivity contribution >= 4 is 57.3 Å². The van der Waals surface area contributed by atoms with E-state index >= 15 is 0 Å². The van der Waals surface area contributed by atoms with Gasteiger partial charge in [0.2, 0.25) is 0 Å². The first-order valence-electron chi connectivity index (χ1n) is 12.7. The fraction of sp³-hybridized carbons (Fsp3) is 0.310. The summed E-state index contributed by atoms with van der Waals surface area (Å²) >= 11 is 13.9. The summed E-state index contributed by atoms with van der Waals surface area (Å²) in [5.74, 6) is 1.81. The van der Waals surface area contributed by atoms with Crippen LogP contribution in [0.15, 0.2) is 56.5 Å². The van der Waals surface area contributed by atoms with Gasteiger partial charge >= 0.3 is 0 Å². The molecule has 8 nitrogen and oxygen atoms in total. The van der Waals surface area contributed by atoms with E-state index < -0.39 is 4.92 Å². The maximum absolute atomic E-state index is 13.4. The van der Waals surface area contributed by atoms with Crippen LogP contribution in [0.2, 0.25) is 10.0 Å². The summed E-state index contributed by atoms with van der Waals surface area (Å²) in [5.41, 5.74) is 1.96. The number of thiophene rings is 1. The highest BCUT2D eigenvalue weighted by molar-refractivity contribution is 7.16. The lowest BCUT2D eigenvalue weighted by Crippen LogP contribution is -2.28. The molecule has 0 bridgehead atoms. The number of hydrogen-bond acceptors (Lipinski definition) is 7. The van der Waals surface area contributed by atoms with E-state index in [9.17, 15) is 14.9 Å². The van der Waals surface area contributed by atoms with Crippen molar-refractivity contribution in [2.24, 2.45) is 16.3 Å². The van der Waals surface area contributed by atoms with Crippen molar-refractivity contribution in [1.29, 1.82) is 0 Å². The molecule has 0 saturated carbocycles. The van der Waals surface area contributed by atoms with Crippen LogP contribution in [0.3, 0.4) is 0 Å². The normalized spacial score (nSPS) is 15.4. The number of hydrogen-bond donors (Lipinski definition) is 1. The molecule has 4 aromatic rings. The summed E-state index contributed by atoms with van der Waals surface area (Å²) in [4.78, 5) is 29.8. The van der Waals surface area contributed by atoms with E-state index in [1.54, 1.807) is 30.7 Å². The van der Waals surface area contributed by atoms with Crippen LogP contribution in [0, 0.1) is 21.4 Å². The lowest BCUT2D eigenvalue weighted by molar-refractivity contribution is -0.384. The zero-order valence-corrected chi connectivity index (χ0v) is 24.5. The third-order valence-electron chi connectivity index (χ3n) is 7.14. The SMILES string of the molecule is CC(C)(C)[C@@H]1CCc2c(sc(N=Cc3ccc(-c4cc(Cl)c([N+](=O)[O-])cc4Cl)o3)c2C(=O)NCc2ccco2)C1. The van der Waals surface area contributed by atoms with Gasteiger partial charge in [-0.15, -0.1) is 11.3 Å². The Morgan fingerprint density at radius 3 is 2.75 bits per heavy atom. The van der Waals surface area contributed by atoms with Gasteiger partial charge in [0, 0.05) is 16.5 Å². The molecule has 1 atom stereocenters. The number of furan rings is 2. The first-order valence-corrected chi connectivity index (χ1v) is 14.3. The fourth-order valence-electron chi connectivity index (χ4n) is 4.86. The second kappa shape index (κ2) is 11.2. The van der Waals surface area contributed by atoms with Gasteiger partial charge < -0.3 is 14.2 Å². The maximum atomic E-state index is 13.4. The summed E-state index contributed by atoms with van der Waals surface area (Å²) in [6.45, 7) is 7.05. The van der Waals surface area contributed by atoms with Crippen molar-refractivity contribution in [2.75, 3.05) is 0 Å². The van der Waals surface area contributed by atoms with Gasteiger partial charge in [0.05, 0.1) is 34.5 Å². The van der Waals surface area contributed by atoms with E-state index in [0.717, 1.165) is 24.8 Å². The molecule has 1 aromatic carbocycles. The van der Waals surface area contributed by atoms with Gasteiger partial charge in [-0.25, -0.2) is 4.99 Å². The second-order valence-electron chi connectivity index (χ2n) is 10.8. The molecule has 0 spiro atoms. The molecule has 208 valence electrons. The Bertz CT molecular complexity index is 1600. The van der Waals surface area contributed by atoms with Crippen molar-refractivity contribution in [3.63, 3.8) is 0 Å². The van der Waals surface area contributed by atoms with Gasteiger partial charge in [-0.05, 0) is 66.5 Å². The van der Waals surface area contributed by atoms with E-state index in [1.807, 2.05) is 6.07 Å². The van der Waals surface area contributed by atoms with Crippen LogP contribution in [0.25, 0.3) is 11.3 Å². The van der Waals surface area contributed by atoms with Crippen LogP contribution < -0.4 is 5.32 Å². The minimum absolute atomic E-state index is 0.0426. The molecule has 11 heteroatoms. The van der Waals surface area contributed by atoms with Gasteiger partial charge in [-0.1, -0.05) is 44.0 Å². The average molecular weight is 601 g/mol. The number of benzene rings is 1. The van der Waals surface area contributed by atoms with Crippen LogP contribution in [-0.2, 0) is 19.4 Å². The van der Waals surface area contributed by atoms with Crippen LogP contribution in [0.4, 0.5) is 10.7 Å². The van der Waals surface area contributed by atoms with Crippen LogP contribution in [-0.4, -0.2) is 17.0 Å². The number of rotatable bonds is 7. The number of nitrogens with zero attached hydrogens (tertiary/aromatic N) is 2. The van der Waals surface area contributed by atoms with Gasteiger partial charge in [-0.2, -0.15) is 0 Å². The molecule has 40 heavy (non-hydrogen) atoms. The number of nitro groups is 1. The monoisotopic (exact) mass is 599 g/mol. The summed E-state index contributed by atoms with van der Waals surface area (Å²) in [5, 5.41) is 14.8. The van der Waals surface area contributed by atoms with Crippen LogP contribution in [0.1, 0.15) is 59.5 Å². The van der Waals surface area contributed by atoms with Crippen molar-refractivity contribution in [3.8, 4) is 11.3 Å². The number of nitro benzene ring substituents is 1. The molecule has 0 aliphatic heterocycles. The lowest BCUT2D eigenvalue weighted by Gasteiger charge is -2.33. The molecular weight excluding hydrogens is 573 g/mol. The first kappa shape index (κ1) is 28.1. The zero-order chi connectivity index (χ0) is 28.6. The predicted molar refractivity (Wildman–Crippen MR) is 157 cm³/mol. The van der Waals surface area contributed by atoms with Gasteiger partial charge in [-0.3, -0.25) is 14.9 Å². The molecule has 1 N–H and O–H groups in total. The van der Waals surface area contributed by atoms with Crippen molar-refractivity contribution in [2.45, 2.75) is 46.6 Å². The van der Waals surface area contributed by atoms with E-state index in [0.29, 0.717) is 39.3 Å². The second-order valence-corrected chi connectivity index (χ2v) is 12.7. The maximum Gasteiger partial charge on any atom is 0.289 e. The number of carbonyl (C=O) groups is 1. The number of fused-ring (bicyclic) bond motifs is 1. The number of nitrogens with one attached hydrogen (secondary N) is 1. The van der Waals surface area contributed by atoms with Crippen molar-refractivity contribution in [3.05, 3.63) is 90.3 Å². The van der Waals surface area contributed by atoms with E-state index in [2.05, 4.69) is 31.1 Å². The molecule has 3 heterocycles. The Kier molecular flexibility index (Phi) is 7.90. The third-order valence-corrected chi connectivity index (χ3v) is 8.91. The Morgan fingerprint density at radius 2 is 2.05 bits per heavy atom. The summed E-state index contributed by atoms with van der Waals surface area (Å²) in [6.07, 6.45) is 5.87. The first-order chi connectivity index (χ1) is 19.0. The lowest BCUT2D eigenvalue weighted by atomic mass is 9.72. The molecule has 0 radical (unpaired) electrons. The molecule has 3 aromatic heterocycles. The van der Waals surface area contributed by atoms with E-state index in [-0.39, 0.29) is 33.6 Å². The standard InChI is InChI=1S/C29H27Cl2N3O5S/c1-29(2,3)16-6-8-19-25(11-16)40-28(26(19)27(35)32-14-17-5-4-10-38-17)33-15-18-7-9-24(39-18)20-12-22(31)23(34(36)37)13-21(20)30/h4-5,7,9-10,12-13,15-16H,6,8,11,14H2,1-3H3,(H,32,35)/t16-/m1/s1. The highest BCUT2D eigenvalue weighted by atomic mass is 35.5. The predicted octanol–water partition coefficient (Wildman–Crippen LogP) is 8.65. The Balaban J connectivity index is 1.44. The highest BCUT2D eigenvalue weighted by Gasteiger charge is 2.33. The average Bonchev–Trinajstić information content (AvgIpc) is 3.65. The van der Waals surface area contributed by atoms with Crippen LogP contribution in [0.5, 0.6) is 0 Å². The number of halogens is 2. The Morgan fingerprint density at radius 1 is 1.25 bits per heavy atom. The van der Waals surface area contributed by atoms with Gasteiger partial charge in [0.15, 0.2) is 0 Å². The molecule has 0 fully saturated rings. The molecule has 0 saturated heterocycles. The Hall–Kier alpha value is -3.40. The fourth-order valence-corrected chi connectivity index (χ4v) is 6.61. The van der Waals surface area contributed by atoms with Gasteiger partial charge in [0.25, 0.3) is 11.6 Å². The summed E-state index contributed by atoms with van der Waals surface area (Å²) in [6, 6.07) is 9.60. The molecule has 0 unspecified atom stereocenters. The molecule has 1 aliphatic carbocycles. The number of amides is 1. The molecule has 1 aliphatic rings.